The smallest absolute Gasteiger partial charge is 0.188 e. The average Bonchev–Trinajstić information content (AvgIpc) is 3.31. The lowest BCUT2D eigenvalue weighted by atomic mass is 10.3. The molecule has 2 aromatic heterocycles. The zero-order chi connectivity index (χ0) is 17.8. The van der Waals surface area contributed by atoms with E-state index >= 15 is 0 Å². The number of nitrogens with zero attached hydrogens (tertiary/aromatic N) is 3. The Hall–Kier alpha value is -1.96. The van der Waals surface area contributed by atoms with E-state index in [1.807, 2.05) is 36.4 Å². The Labute approximate surface area is 165 Å². The second-order valence-corrected chi connectivity index (χ2v) is 7.94. The number of ether oxygens (including phenoxy) is 1. The summed E-state index contributed by atoms with van der Waals surface area (Å²) in [4.78, 5) is 11.6. The van der Waals surface area contributed by atoms with Gasteiger partial charge in [0.05, 0.1) is 5.69 Å². The molecule has 0 atom stereocenters. The van der Waals surface area contributed by atoms with E-state index in [1.54, 1.807) is 17.5 Å². The van der Waals surface area contributed by atoms with Crippen LogP contribution in [0.1, 0.15) is 18.5 Å². The van der Waals surface area contributed by atoms with Crippen LogP contribution in [0.2, 0.25) is 0 Å². The number of anilines is 2. The molecule has 1 aliphatic heterocycles. The van der Waals surface area contributed by atoms with Crippen molar-refractivity contribution in [3.63, 3.8) is 0 Å². The number of benzene rings is 1. The second-order valence-electron chi connectivity index (χ2n) is 6.17. The number of rotatable bonds is 6. The predicted molar refractivity (Wildman–Crippen MR) is 108 cm³/mol. The van der Waals surface area contributed by atoms with Crippen molar-refractivity contribution in [2.45, 2.75) is 19.4 Å². The minimum atomic E-state index is 0.652. The molecule has 1 fully saturated rings. The van der Waals surface area contributed by atoms with Gasteiger partial charge in [-0.15, -0.1) is 11.3 Å². The van der Waals surface area contributed by atoms with Gasteiger partial charge < -0.3 is 10.1 Å². The van der Waals surface area contributed by atoms with Crippen molar-refractivity contribution in [1.29, 1.82) is 0 Å². The van der Waals surface area contributed by atoms with E-state index in [0.29, 0.717) is 11.6 Å². The first-order valence-electron chi connectivity index (χ1n) is 8.58. The molecule has 3 heterocycles. The highest BCUT2D eigenvalue weighted by Gasteiger charge is 2.15. The van der Waals surface area contributed by atoms with Crippen LogP contribution in [0.5, 0.6) is 11.5 Å². The monoisotopic (exact) mass is 430 g/mol. The van der Waals surface area contributed by atoms with Gasteiger partial charge in [0, 0.05) is 28.7 Å². The Kier molecular flexibility index (Phi) is 5.48. The summed E-state index contributed by atoms with van der Waals surface area (Å²) in [6.07, 6.45) is 4.33. The fourth-order valence-electron chi connectivity index (χ4n) is 2.92. The first-order chi connectivity index (χ1) is 12.8. The summed E-state index contributed by atoms with van der Waals surface area (Å²) in [5, 5.41) is 6.23. The topological polar surface area (TPSA) is 50.3 Å². The predicted octanol–water partition coefficient (Wildman–Crippen LogP) is 5.43. The summed E-state index contributed by atoms with van der Waals surface area (Å²) in [7, 11) is 0. The highest BCUT2D eigenvalue weighted by Crippen LogP contribution is 2.33. The molecule has 3 aromatic rings. The summed E-state index contributed by atoms with van der Waals surface area (Å²) in [6, 6.07) is 11.6. The number of nitrogens with one attached hydrogen (secondary N) is 1. The van der Waals surface area contributed by atoms with Gasteiger partial charge in [0.1, 0.15) is 5.75 Å². The zero-order valence-corrected chi connectivity index (χ0v) is 16.6. The van der Waals surface area contributed by atoms with E-state index in [0.717, 1.165) is 27.6 Å². The molecule has 1 N–H and O–H groups in total. The number of para-hydroxylation sites is 1. The Balaban J connectivity index is 1.50. The van der Waals surface area contributed by atoms with Crippen LogP contribution in [0, 0.1) is 0 Å². The van der Waals surface area contributed by atoms with E-state index < -0.39 is 0 Å². The second kappa shape index (κ2) is 8.16. The van der Waals surface area contributed by atoms with Crippen LogP contribution in [-0.4, -0.2) is 28.0 Å². The first kappa shape index (κ1) is 17.5. The van der Waals surface area contributed by atoms with Crippen molar-refractivity contribution in [3.05, 3.63) is 58.1 Å². The first-order valence-corrected chi connectivity index (χ1v) is 10.3. The van der Waals surface area contributed by atoms with E-state index in [9.17, 15) is 0 Å². The van der Waals surface area contributed by atoms with Crippen molar-refractivity contribution in [2.24, 2.45) is 0 Å². The van der Waals surface area contributed by atoms with E-state index in [-0.39, 0.29) is 0 Å². The van der Waals surface area contributed by atoms with Crippen LogP contribution in [0.15, 0.2) is 52.4 Å². The quantitative estimate of drug-likeness (QED) is 0.564. The van der Waals surface area contributed by atoms with Crippen LogP contribution in [0.25, 0.3) is 0 Å². The number of hydrogen-bond acceptors (Lipinski definition) is 6. The van der Waals surface area contributed by atoms with Crippen molar-refractivity contribution in [1.82, 2.24) is 14.9 Å². The molecule has 0 unspecified atom stereocenters. The number of likely N-dealkylation sites (tertiary alicyclic amines) is 1. The molecular weight excluding hydrogens is 412 g/mol. The third kappa shape index (κ3) is 4.41. The van der Waals surface area contributed by atoms with Gasteiger partial charge in [-0.05, 0) is 54.0 Å². The Bertz CT molecular complexity index is 865. The molecule has 26 heavy (non-hydrogen) atoms. The lowest BCUT2D eigenvalue weighted by molar-refractivity contribution is 0.328. The number of hydrogen-bond donors (Lipinski definition) is 1. The van der Waals surface area contributed by atoms with Crippen molar-refractivity contribution < 1.29 is 4.74 Å². The van der Waals surface area contributed by atoms with Crippen molar-refractivity contribution >= 4 is 38.2 Å². The number of halogens is 1. The standard InChI is InChI=1S/C19H19BrN4OS/c20-14-10-17(25-16-6-2-1-3-7-16)18(21-11-14)23-19-22-15(13-26-19)12-24-8-4-5-9-24/h1-3,6-7,10-11,13H,4-5,8-9,12H2,(H,21,22,23). The van der Waals surface area contributed by atoms with Crippen LogP contribution >= 0.6 is 27.3 Å². The molecular formula is C19H19BrN4OS. The highest BCUT2D eigenvalue weighted by atomic mass is 79.9. The van der Waals surface area contributed by atoms with Gasteiger partial charge in [0.15, 0.2) is 16.7 Å². The van der Waals surface area contributed by atoms with Gasteiger partial charge >= 0.3 is 0 Å². The molecule has 0 spiro atoms. The van der Waals surface area contributed by atoms with Gasteiger partial charge in [0.2, 0.25) is 0 Å². The van der Waals surface area contributed by atoms with Gasteiger partial charge in [-0.25, -0.2) is 9.97 Å². The molecule has 1 saturated heterocycles. The molecule has 7 heteroatoms. The third-order valence-corrected chi connectivity index (χ3v) is 5.39. The number of pyridine rings is 1. The fourth-order valence-corrected chi connectivity index (χ4v) is 3.93. The highest BCUT2D eigenvalue weighted by molar-refractivity contribution is 9.10. The van der Waals surface area contributed by atoms with Crippen molar-refractivity contribution in [2.75, 3.05) is 18.4 Å². The van der Waals surface area contributed by atoms with Gasteiger partial charge in [-0.1, -0.05) is 18.2 Å². The van der Waals surface area contributed by atoms with E-state index in [2.05, 4.69) is 36.5 Å². The Morgan fingerprint density at radius 2 is 2.00 bits per heavy atom. The van der Waals surface area contributed by atoms with Crippen LogP contribution in [0.3, 0.4) is 0 Å². The summed E-state index contributed by atoms with van der Waals surface area (Å²) in [5.74, 6) is 2.07. The lowest BCUT2D eigenvalue weighted by Gasteiger charge is -2.12. The van der Waals surface area contributed by atoms with Crippen LogP contribution < -0.4 is 10.1 Å². The van der Waals surface area contributed by atoms with Gasteiger partial charge in [-0.2, -0.15) is 0 Å². The molecule has 0 saturated carbocycles. The molecule has 0 bridgehead atoms. The van der Waals surface area contributed by atoms with Crippen LogP contribution in [-0.2, 0) is 6.54 Å². The normalized spacial score (nSPS) is 14.5. The molecule has 1 aliphatic rings. The molecule has 0 amide bonds. The van der Waals surface area contributed by atoms with Gasteiger partial charge in [0.25, 0.3) is 0 Å². The SMILES string of the molecule is Brc1cnc(Nc2nc(CN3CCCC3)cs2)c(Oc2ccccc2)c1. The summed E-state index contributed by atoms with van der Waals surface area (Å²) in [6.45, 7) is 3.26. The molecule has 4 rings (SSSR count). The molecule has 1 aromatic carbocycles. The summed E-state index contributed by atoms with van der Waals surface area (Å²) in [5.41, 5.74) is 1.10. The maximum atomic E-state index is 5.99. The average molecular weight is 431 g/mol. The van der Waals surface area contributed by atoms with Crippen molar-refractivity contribution in [3.8, 4) is 11.5 Å². The lowest BCUT2D eigenvalue weighted by Crippen LogP contribution is -2.18. The largest absolute Gasteiger partial charge is 0.453 e. The molecule has 0 radical (unpaired) electrons. The van der Waals surface area contributed by atoms with Gasteiger partial charge in [-0.3, -0.25) is 4.90 Å². The number of aromatic nitrogens is 2. The van der Waals surface area contributed by atoms with E-state index in [4.69, 9.17) is 9.72 Å². The molecule has 134 valence electrons. The summed E-state index contributed by atoms with van der Waals surface area (Å²) < 4.78 is 6.85. The van der Waals surface area contributed by atoms with E-state index in [1.165, 1.54) is 25.9 Å². The number of thiazole rings is 1. The summed E-state index contributed by atoms with van der Waals surface area (Å²) >= 11 is 5.05. The minimum Gasteiger partial charge on any atom is -0.453 e. The Morgan fingerprint density at radius 3 is 2.81 bits per heavy atom. The third-order valence-electron chi connectivity index (χ3n) is 4.15. The maximum absolute atomic E-state index is 5.99. The minimum absolute atomic E-state index is 0.652. The fraction of sp³-hybridized carbons (Fsp3) is 0.263. The molecule has 0 aliphatic carbocycles. The maximum Gasteiger partial charge on any atom is 0.188 e. The zero-order valence-electron chi connectivity index (χ0n) is 14.2. The Morgan fingerprint density at radius 1 is 1.19 bits per heavy atom. The van der Waals surface area contributed by atoms with Crippen LogP contribution in [0.4, 0.5) is 10.9 Å². The molecule has 5 nitrogen and oxygen atoms in total.